The van der Waals surface area contributed by atoms with Gasteiger partial charge >= 0.3 is 0 Å². The van der Waals surface area contributed by atoms with E-state index in [0.717, 1.165) is 24.3 Å². The fourth-order valence-corrected chi connectivity index (χ4v) is 1.84. The summed E-state index contributed by atoms with van der Waals surface area (Å²) in [5, 5.41) is 0. The number of methoxy groups -OCH3 is 1. The highest BCUT2D eigenvalue weighted by molar-refractivity contribution is 5.35. The number of hydrogen-bond acceptors (Lipinski definition) is 2. The molecule has 0 spiro atoms. The molecule has 2 nitrogen and oxygen atoms in total. The standard InChI is InChI=1S/C16H22O2/c1-4-6-9-13-18-16-12-8-7-11-14(16)15(17-3)10-5-2/h2,7-8,11-12,15H,4,6,9-10,13H2,1,3H3. The van der Waals surface area contributed by atoms with E-state index in [1.54, 1.807) is 7.11 Å². The van der Waals surface area contributed by atoms with Gasteiger partial charge in [-0.15, -0.1) is 12.3 Å². The Kier molecular flexibility index (Phi) is 6.98. The second kappa shape index (κ2) is 8.60. The lowest BCUT2D eigenvalue weighted by atomic mass is 10.1. The molecule has 0 bridgehead atoms. The van der Waals surface area contributed by atoms with Gasteiger partial charge in [0.15, 0.2) is 0 Å². The third-order valence-electron chi connectivity index (χ3n) is 2.86. The van der Waals surface area contributed by atoms with Crippen molar-refractivity contribution in [1.82, 2.24) is 0 Å². The summed E-state index contributed by atoms with van der Waals surface area (Å²) >= 11 is 0. The lowest BCUT2D eigenvalue weighted by molar-refractivity contribution is 0.104. The van der Waals surface area contributed by atoms with Crippen molar-refractivity contribution in [2.24, 2.45) is 0 Å². The first kappa shape index (κ1) is 14.6. The quantitative estimate of drug-likeness (QED) is 0.510. The van der Waals surface area contributed by atoms with Crippen molar-refractivity contribution in [3.05, 3.63) is 29.8 Å². The molecule has 0 aliphatic heterocycles. The molecule has 0 saturated heterocycles. The van der Waals surface area contributed by atoms with E-state index in [0.29, 0.717) is 6.42 Å². The number of unbranched alkanes of at least 4 members (excludes halogenated alkanes) is 2. The molecule has 0 aliphatic carbocycles. The average molecular weight is 246 g/mol. The Hall–Kier alpha value is -1.46. The lowest BCUT2D eigenvalue weighted by Gasteiger charge is -2.17. The number of rotatable bonds is 8. The minimum absolute atomic E-state index is 0.0858. The lowest BCUT2D eigenvalue weighted by Crippen LogP contribution is -2.05. The molecule has 1 atom stereocenters. The second-order valence-electron chi connectivity index (χ2n) is 4.23. The summed E-state index contributed by atoms with van der Waals surface area (Å²) in [4.78, 5) is 0. The monoisotopic (exact) mass is 246 g/mol. The van der Waals surface area contributed by atoms with Crippen molar-refractivity contribution in [3.63, 3.8) is 0 Å². The number of terminal acetylenes is 1. The molecule has 0 heterocycles. The van der Waals surface area contributed by atoms with Crippen molar-refractivity contribution in [2.45, 2.75) is 38.7 Å². The van der Waals surface area contributed by atoms with Gasteiger partial charge in [-0.3, -0.25) is 0 Å². The molecule has 0 amide bonds. The first-order valence-corrected chi connectivity index (χ1v) is 6.51. The van der Waals surface area contributed by atoms with Crippen LogP contribution >= 0.6 is 0 Å². The maximum absolute atomic E-state index is 5.82. The number of para-hydroxylation sites is 1. The van der Waals surface area contributed by atoms with Crippen LogP contribution in [0.3, 0.4) is 0 Å². The van der Waals surface area contributed by atoms with Gasteiger partial charge in [0.1, 0.15) is 5.75 Å². The minimum Gasteiger partial charge on any atom is -0.493 e. The third-order valence-corrected chi connectivity index (χ3v) is 2.86. The summed E-state index contributed by atoms with van der Waals surface area (Å²) in [5.41, 5.74) is 1.04. The van der Waals surface area contributed by atoms with Crippen LogP contribution in [0.15, 0.2) is 24.3 Å². The van der Waals surface area contributed by atoms with Gasteiger partial charge < -0.3 is 9.47 Å². The van der Waals surface area contributed by atoms with Crippen LogP contribution in [0, 0.1) is 12.3 Å². The van der Waals surface area contributed by atoms with Gasteiger partial charge in [-0.25, -0.2) is 0 Å². The first-order valence-electron chi connectivity index (χ1n) is 6.51. The highest BCUT2D eigenvalue weighted by atomic mass is 16.5. The molecule has 98 valence electrons. The molecule has 0 radical (unpaired) electrons. The van der Waals surface area contributed by atoms with Crippen LogP contribution in [-0.2, 0) is 4.74 Å². The van der Waals surface area contributed by atoms with Gasteiger partial charge in [0.05, 0.1) is 12.7 Å². The Morgan fingerprint density at radius 1 is 1.28 bits per heavy atom. The van der Waals surface area contributed by atoms with Gasteiger partial charge in [-0.05, 0) is 12.5 Å². The van der Waals surface area contributed by atoms with Gasteiger partial charge in [-0.2, -0.15) is 0 Å². The van der Waals surface area contributed by atoms with Crippen molar-refractivity contribution in [3.8, 4) is 18.1 Å². The summed E-state index contributed by atoms with van der Waals surface area (Å²) in [5.74, 6) is 3.53. The maximum atomic E-state index is 5.82. The Morgan fingerprint density at radius 2 is 2.06 bits per heavy atom. The predicted octanol–water partition coefficient (Wildman–Crippen LogP) is 3.97. The smallest absolute Gasteiger partial charge is 0.125 e. The molecule has 18 heavy (non-hydrogen) atoms. The van der Waals surface area contributed by atoms with E-state index in [1.165, 1.54) is 12.8 Å². The van der Waals surface area contributed by atoms with E-state index in [4.69, 9.17) is 15.9 Å². The van der Waals surface area contributed by atoms with Crippen LogP contribution in [0.25, 0.3) is 0 Å². The summed E-state index contributed by atoms with van der Waals surface area (Å²) in [6, 6.07) is 7.95. The molecule has 1 aromatic rings. The van der Waals surface area contributed by atoms with E-state index in [1.807, 2.05) is 24.3 Å². The summed E-state index contributed by atoms with van der Waals surface area (Å²) < 4.78 is 11.2. The summed E-state index contributed by atoms with van der Waals surface area (Å²) in [7, 11) is 1.68. The molecule has 1 aromatic carbocycles. The average Bonchev–Trinajstić information content (AvgIpc) is 2.42. The molecule has 0 aliphatic rings. The largest absolute Gasteiger partial charge is 0.493 e. The van der Waals surface area contributed by atoms with Crippen LogP contribution in [0.2, 0.25) is 0 Å². The number of benzene rings is 1. The Balaban J connectivity index is 2.69. The van der Waals surface area contributed by atoms with E-state index in [9.17, 15) is 0 Å². The number of hydrogen-bond donors (Lipinski definition) is 0. The van der Waals surface area contributed by atoms with Crippen LogP contribution < -0.4 is 4.74 Å². The van der Waals surface area contributed by atoms with Gasteiger partial charge in [0.2, 0.25) is 0 Å². The van der Waals surface area contributed by atoms with Crippen LogP contribution in [0.5, 0.6) is 5.75 Å². The topological polar surface area (TPSA) is 18.5 Å². The third kappa shape index (κ3) is 4.43. The Bertz CT molecular complexity index is 379. The van der Waals surface area contributed by atoms with Crippen LogP contribution in [0.4, 0.5) is 0 Å². The van der Waals surface area contributed by atoms with Crippen molar-refractivity contribution < 1.29 is 9.47 Å². The summed E-state index contributed by atoms with van der Waals surface area (Å²) in [6.07, 6.45) is 9.31. The molecule has 1 rings (SSSR count). The zero-order valence-corrected chi connectivity index (χ0v) is 11.3. The molecular weight excluding hydrogens is 224 g/mol. The van der Waals surface area contributed by atoms with E-state index in [2.05, 4.69) is 12.8 Å². The molecule has 0 fully saturated rings. The fraction of sp³-hybridized carbons (Fsp3) is 0.500. The van der Waals surface area contributed by atoms with Crippen molar-refractivity contribution in [2.75, 3.05) is 13.7 Å². The van der Waals surface area contributed by atoms with Crippen LogP contribution in [0.1, 0.15) is 44.3 Å². The molecule has 0 N–H and O–H groups in total. The molecule has 1 unspecified atom stereocenters. The Labute approximate surface area is 110 Å². The molecular formula is C16H22O2. The van der Waals surface area contributed by atoms with E-state index < -0.39 is 0 Å². The highest BCUT2D eigenvalue weighted by Crippen LogP contribution is 2.29. The normalized spacial score (nSPS) is 11.8. The van der Waals surface area contributed by atoms with Crippen LogP contribution in [-0.4, -0.2) is 13.7 Å². The SMILES string of the molecule is C#CCC(OC)c1ccccc1OCCCCC. The first-order chi connectivity index (χ1) is 8.83. The van der Waals surface area contributed by atoms with E-state index in [-0.39, 0.29) is 6.10 Å². The zero-order chi connectivity index (χ0) is 13.2. The second-order valence-corrected chi connectivity index (χ2v) is 4.23. The minimum atomic E-state index is -0.0858. The van der Waals surface area contributed by atoms with Crippen molar-refractivity contribution >= 4 is 0 Å². The zero-order valence-electron chi connectivity index (χ0n) is 11.3. The molecule has 0 saturated carbocycles. The fourth-order valence-electron chi connectivity index (χ4n) is 1.84. The predicted molar refractivity (Wildman–Crippen MR) is 74.7 cm³/mol. The Morgan fingerprint density at radius 3 is 2.72 bits per heavy atom. The van der Waals surface area contributed by atoms with Gasteiger partial charge in [-0.1, -0.05) is 38.0 Å². The van der Waals surface area contributed by atoms with Crippen molar-refractivity contribution in [1.29, 1.82) is 0 Å². The molecule has 0 aromatic heterocycles. The summed E-state index contributed by atoms with van der Waals surface area (Å²) in [6.45, 7) is 2.93. The van der Waals surface area contributed by atoms with E-state index >= 15 is 0 Å². The highest BCUT2D eigenvalue weighted by Gasteiger charge is 2.14. The van der Waals surface area contributed by atoms with Gasteiger partial charge in [0.25, 0.3) is 0 Å². The number of ether oxygens (including phenoxy) is 2. The van der Waals surface area contributed by atoms with Gasteiger partial charge in [0, 0.05) is 19.1 Å². The molecule has 2 heteroatoms. The maximum Gasteiger partial charge on any atom is 0.125 e.